The number of rotatable bonds is 4. The first kappa shape index (κ1) is 17.1. The minimum Gasteiger partial charge on any atom is -0.268 e. The summed E-state index contributed by atoms with van der Waals surface area (Å²) in [6.07, 6.45) is 1.55. The summed E-state index contributed by atoms with van der Waals surface area (Å²) in [6, 6.07) is 12.1. The average Bonchev–Trinajstić information content (AvgIpc) is 3.38. The molecule has 5 nitrogen and oxygen atoms in total. The molecular weight excluding hydrogens is 343 g/mol. The lowest BCUT2D eigenvalue weighted by Crippen LogP contribution is -2.31. The molecule has 0 atom stereocenters. The van der Waals surface area contributed by atoms with Crippen LogP contribution in [0.25, 0.3) is 0 Å². The highest BCUT2D eigenvalue weighted by Gasteiger charge is 2.44. The van der Waals surface area contributed by atoms with Crippen molar-refractivity contribution >= 4 is 15.9 Å². The molecule has 128 valence electrons. The minimum atomic E-state index is -4.32. The molecule has 0 radical (unpaired) electrons. The van der Waals surface area contributed by atoms with E-state index in [-0.39, 0.29) is 5.56 Å². The molecule has 0 bridgehead atoms. The van der Waals surface area contributed by atoms with Crippen molar-refractivity contribution in [3.63, 3.8) is 0 Å². The molecule has 1 fully saturated rings. The number of nitrogens with one attached hydrogen (secondary N) is 1. The zero-order chi connectivity index (χ0) is 18.2. The molecule has 1 amide bonds. The van der Waals surface area contributed by atoms with Crippen molar-refractivity contribution in [3.05, 3.63) is 65.0 Å². The number of sulfonamides is 1. The highest BCUT2D eigenvalue weighted by atomic mass is 32.2. The van der Waals surface area contributed by atoms with E-state index in [2.05, 4.69) is 6.07 Å². The van der Waals surface area contributed by atoms with Crippen LogP contribution in [0.15, 0.2) is 47.4 Å². The molecule has 1 N–H and O–H groups in total. The first-order valence-electron chi connectivity index (χ1n) is 7.62. The van der Waals surface area contributed by atoms with Crippen LogP contribution in [0.4, 0.5) is 4.39 Å². The maximum atomic E-state index is 13.8. The molecule has 2 aromatic rings. The van der Waals surface area contributed by atoms with Crippen molar-refractivity contribution in [1.29, 1.82) is 5.26 Å². The number of amides is 1. The molecule has 0 saturated heterocycles. The Kier molecular flexibility index (Phi) is 4.09. The molecule has 0 spiro atoms. The lowest BCUT2D eigenvalue weighted by molar-refractivity contribution is 0.0981. The second kappa shape index (κ2) is 5.97. The summed E-state index contributed by atoms with van der Waals surface area (Å²) in [7, 11) is -4.32. The Labute approximate surface area is 145 Å². The molecule has 2 aromatic carbocycles. The number of carbonyl (C=O) groups is 1. The topological polar surface area (TPSA) is 87.0 Å². The third kappa shape index (κ3) is 3.26. The van der Waals surface area contributed by atoms with Gasteiger partial charge in [0.25, 0.3) is 15.9 Å². The standard InChI is InChI=1S/C18H15FN2O3S/c1-12-2-7-15(19)16(10-12)25(23,24)21-17(22)13-3-5-14(6-4-13)18(11-20)8-9-18/h2-7,10H,8-9H2,1H3,(H,21,22). The van der Waals surface area contributed by atoms with Crippen molar-refractivity contribution in [2.75, 3.05) is 0 Å². The molecule has 1 aliphatic carbocycles. The first-order chi connectivity index (χ1) is 11.8. The van der Waals surface area contributed by atoms with Crippen molar-refractivity contribution in [2.24, 2.45) is 0 Å². The van der Waals surface area contributed by atoms with E-state index in [9.17, 15) is 22.9 Å². The second-order valence-corrected chi connectivity index (χ2v) is 7.79. The van der Waals surface area contributed by atoms with Crippen LogP contribution in [0.5, 0.6) is 0 Å². The van der Waals surface area contributed by atoms with Crippen molar-refractivity contribution in [2.45, 2.75) is 30.1 Å². The molecule has 1 saturated carbocycles. The Morgan fingerprint density at radius 3 is 2.40 bits per heavy atom. The van der Waals surface area contributed by atoms with Crippen molar-refractivity contribution in [3.8, 4) is 6.07 Å². The fourth-order valence-corrected chi connectivity index (χ4v) is 3.72. The van der Waals surface area contributed by atoms with Crippen LogP contribution >= 0.6 is 0 Å². The molecule has 1 aliphatic rings. The van der Waals surface area contributed by atoms with E-state index in [1.165, 1.54) is 18.2 Å². The summed E-state index contributed by atoms with van der Waals surface area (Å²) in [4.78, 5) is 11.6. The molecular formula is C18H15FN2O3S. The van der Waals surface area contributed by atoms with Crippen LogP contribution in [0, 0.1) is 24.1 Å². The Hall–Kier alpha value is -2.72. The Balaban J connectivity index is 1.82. The van der Waals surface area contributed by atoms with Gasteiger partial charge in [-0.15, -0.1) is 0 Å². The van der Waals surface area contributed by atoms with Crippen LogP contribution < -0.4 is 4.72 Å². The van der Waals surface area contributed by atoms with E-state index in [0.717, 1.165) is 30.5 Å². The minimum absolute atomic E-state index is 0.120. The summed E-state index contributed by atoms with van der Waals surface area (Å²) >= 11 is 0. The lowest BCUT2D eigenvalue weighted by atomic mass is 9.97. The van der Waals surface area contributed by atoms with Gasteiger partial charge in [0.1, 0.15) is 10.7 Å². The third-order valence-electron chi connectivity index (χ3n) is 4.27. The maximum Gasteiger partial charge on any atom is 0.267 e. The van der Waals surface area contributed by atoms with Crippen molar-refractivity contribution in [1.82, 2.24) is 4.72 Å². The highest BCUT2D eigenvalue weighted by molar-refractivity contribution is 7.90. The van der Waals surface area contributed by atoms with Gasteiger partial charge < -0.3 is 0 Å². The molecule has 25 heavy (non-hydrogen) atoms. The normalized spacial score (nSPS) is 15.2. The number of aryl methyl sites for hydroxylation is 1. The molecule has 0 aliphatic heterocycles. The summed E-state index contributed by atoms with van der Waals surface area (Å²) in [5.74, 6) is -1.78. The third-order valence-corrected chi connectivity index (χ3v) is 5.61. The Bertz CT molecular complexity index is 988. The van der Waals surface area contributed by atoms with Gasteiger partial charge in [0.15, 0.2) is 0 Å². The smallest absolute Gasteiger partial charge is 0.267 e. The molecule has 0 heterocycles. The summed E-state index contributed by atoms with van der Waals surface area (Å²) < 4.78 is 40.2. The summed E-state index contributed by atoms with van der Waals surface area (Å²) in [5.41, 5.74) is 1.00. The van der Waals surface area contributed by atoms with Gasteiger partial charge in [0.05, 0.1) is 11.5 Å². The van der Waals surface area contributed by atoms with E-state index in [4.69, 9.17) is 0 Å². The number of carbonyl (C=O) groups excluding carboxylic acids is 1. The number of hydrogen-bond acceptors (Lipinski definition) is 4. The van der Waals surface area contributed by atoms with Gasteiger partial charge in [0, 0.05) is 5.56 Å². The van der Waals surface area contributed by atoms with E-state index >= 15 is 0 Å². The van der Waals surface area contributed by atoms with Crippen LogP contribution in [0.3, 0.4) is 0 Å². The van der Waals surface area contributed by atoms with E-state index in [1.54, 1.807) is 19.1 Å². The Morgan fingerprint density at radius 1 is 1.20 bits per heavy atom. The highest BCUT2D eigenvalue weighted by Crippen LogP contribution is 2.47. The fourth-order valence-electron chi connectivity index (χ4n) is 2.58. The zero-order valence-electron chi connectivity index (χ0n) is 13.4. The van der Waals surface area contributed by atoms with Crippen LogP contribution in [0.2, 0.25) is 0 Å². The van der Waals surface area contributed by atoms with Crippen LogP contribution in [-0.2, 0) is 15.4 Å². The quantitative estimate of drug-likeness (QED) is 0.910. The Morgan fingerprint density at radius 2 is 1.84 bits per heavy atom. The van der Waals surface area contributed by atoms with Crippen molar-refractivity contribution < 1.29 is 17.6 Å². The average molecular weight is 358 g/mol. The van der Waals surface area contributed by atoms with Gasteiger partial charge in [-0.25, -0.2) is 17.5 Å². The lowest BCUT2D eigenvalue weighted by Gasteiger charge is -2.10. The number of benzene rings is 2. The number of nitrogens with zero attached hydrogens (tertiary/aromatic N) is 1. The van der Waals surface area contributed by atoms with E-state index in [1.807, 2.05) is 4.72 Å². The van der Waals surface area contributed by atoms with Crippen LogP contribution in [-0.4, -0.2) is 14.3 Å². The van der Waals surface area contributed by atoms with E-state index in [0.29, 0.717) is 5.56 Å². The van der Waals surface area contributed by atoms with Crippen LogP contribution in [0.1, 0.15) is 34.3 Å². The molecule has 7 heteroatoms. The largest absolute Gasteiger partial charge is 0.268 e. The fraction of sp³-hybridized carbons (Fsp3) is 0.222. The monoisotopic (exact) mass is 358 g/mol. The first-order valence-corrected chi connectivity index (χ1v) is 9.11. The van der Waals surface area contributed by atoms with Gasteiger partial charge in [-0.3, -0.25) is 4.79 Å². The zero-order valence-corrected chi connectivity index (χ0v) is 14.2. The maximum absolute atomic E-state index is 13.8. The van der Waals surface area contributed by atoms with Gasteiger partial charge in [-0.05, 0) is 55.2 Å². The predicted molar refractivity (Wildman–Crippen MR) is 88.8 cm³/mol. The number of halogens is 1. The number of nitriles is 1. The predicted octanol–water partition coefficient (Wildman–Crippen LogP) is 2.81. The molecule has 0 unspecified atom stereocenters. The van der Waals surface area contributed by atoms with E-state index < -0.39 is 32.1 Å². The number of hydrogen-bond donors (Lipinski definition) is 1. The van der Waals surface area contributed by atoms with Gasteiger partial charge >= 0.3 is 0 Å². The summed E-state index contributed by atoms with van der Waals surface area (Å²) in [5, 5.41) is 9.17. The molecule has 0 aromatic heterocycles. The summed E-state index contributed by atoms with van der Waals surface area (Å²) in [6.45, 7) is 1.63. The van der Waals surface area contributed by atoms with Gasteiger partial charge in [0.2, 0.25) is 0 Å². The van der Waals surface area contributed by atoms with Gasteiger partial charge in [-0.1, -0.05) is 18.2 Å². The van der Waals surface area contributed by atoms with Gasteiger partial charge in [-0.2, -0.15) is 5.26 Å². The molecule has 3 rings (SSSR count). The second-order valence-electron chi connectivity index (χ2n) is 6.14. The SMILES string of the molecule is Cc1ccc(F)c(S(=O)(=O)NC(=O)c2ccc(C3(C#N)CC3)cc2)c1.